The summed E-state index contributed by atoms with van der Waals surface area (Å²) in [6.07, 6.45) is -1.43. The van der Waals surface area contributed by atoms with Gasteiger partial charge >= 0.3 is 0 Å². The number of Topliss-reactive ketones (excluding diaryl/α,β-unsaturated/α-hetero) is 1. The van der Waals surface area contributed by atoms with E-state index in [0.717, 1.165) is 0 Å². The molecule has 0 aliphatic rings. The molecule has 148 valence electrons. The number of benzene rings is 2. The molecule has 0 aliphatic heterocycles. The molecule has 1 atom stereocenters. The summed E-state index contributed by atoms with van der Waals surface area (Å²) in [7, 11) is 1.60. The van der Waals surface area contributed by atoms with E-state index in [1.807, 2.05) is 0 Å². The van der Waals surface area contributed by atoms with Gasteiger partial charge in [-0.1, -0.05) is 41.4 Å². The molecule has 0 aliphatic carbocycles. The van der Waals surface area contributed by atoms with Crippen molar-refractivity contribution in [2.45, 2.75) is 10.4 Å². The Kier molecular flexibility index (Phi) is 5.16. The standard InChI is InChI=1S/C18H10Cl2F5NO2/c1-26-6-8(7-4-2-3-5-9(7)26)16(27)18(19,20)17(28)10-11(21)13(23)15(25)14(24)12(10)22/h2-6,17,28H,1H3/t17-/m1/s1. The summed E-state index contributed by atoms with van der Waals surface area (Å²) in [6.45, 7) is 0. The van der Waals surface area contributed by atoms with Gasteiger partial charge in [0.2, 0.25) is 15.9 Å². The Morgan fingerprint density at radius 1 is 1.00 bits per heavy atom. The highest BCUT2D eigenvalue weighted by Crippen LogP contribution is 2.43. The number of halogens is 7. The monoisotopic (exact) mass is 437 g/mol. The Morgan fingerprint density at radius 2 is 1.50 bits per heavy atom. The van der Waals surface area contributed by atoms with Gasteiger partial charge in [0, 0.05) is 29.7 Å². The van der Waals surface area contributed by atoms with Gasteiger partial charge in [-0.05, 0) is 6.07 Å². The van der Waals surface area contributed by atoms with Crippen LogP contribution in [0, 0.1) is 29.1 Å². The maximum absolute atomic E-state index is 14.0. The number of nitrogens with zero attached hydrogens (tertiary/aromatic N) is 1. The van der Waals surface area contributed by atoms with Crippen LogP contribution in [0.25, 0.3) is 10.9 Å². The zero-order valence-corrected chi connectivity index (χ0v) is 15.4. The quantitative estimate of drug-likeness (QED) is 0.206. The number of aromatic nitrogens is 1. The van der Waals surface area contributed by atoms with Gasteiger partial charge in [0.25, 0.3) is 0 Å². The van der Waals surface area contributed by atoms with Crippen LogP contribution < -0.4 is 0 Å². The molecule has 10 heteroatoms. The lowest BCUT2D eigenvalue weighted by Crippen LogP contribution is -2.35. The Hall–Kier alpha value is -2.16. The Labute approximate surface area is 164 Å². The molecule has 0 unspecified atom stereocenters. The Bertz CT molecular complexity index is 1080. The second-order valence-electron chi connectivity index (χ2n) is 6.01. The van der Waals surface area contributed by atoms with E-state index in [-0.39, 0.29) is 5.56 Å². The fourth-order valence-electron chi connectivity index (χ4n) is 2.87. The normalized spacial score (nSPS) is 13.2. The first-order valence-electron chi connectivity index (χ1n) is 7.66. The number of carbonyl (C=O) groups excluding carboxylic acids is 1. The second kappa shape index (κ2) is 7.02. The third kappa shape index (κ3) is 2.96. The molecule has 0 saturated heterocycles. The highest BCUT2D eigenvalue weighted by atomic mass is 35.5. The Balaban J connectivity index is 2.14. The van der Waals surface area contributed by atoms with Crippen LogP contribution in [0.2, 0.25) is 0 Å². The van der Waals surface area contributed by atoms with Crippen molar-refractivity contribution >= 4 is 39.9 Å². The highest BCUT2D eigenvalue weighted by molar-refractivity contribution is 6.60. The number of carbonyl (C=O) groups is 1. The minimum Gasteiger partial charge on any atom is -0.385 e. The van der Waals surface area contributed by atoms with Crippen molar-refractivity contribution in [2.75, 3.05) is 0 Å². The van der Waals surface area contributed by atoms with E-state index in [0.29, 0.717) is 10.9 Å². The molecule has 0 saturated carbocycles. The van der Waals surface area contributed by atoms with Crippen molar-refractivity contribution in [1.82, 2.24) is 4.57 Å². The second-order valence-corrected chi connectivity index (χ2v) is 7.39. The van der Waals surface area contributed by atoms with Crippen LogP contribution in [-0.2, 0) is 7.05 Å². The highest BCUT2D eigenvalue weighted by Gasteiger charge is 2.47. The van der Waals surface area contributed by atoms with E-state index >= 15 is 0 Å². The number of aliphatic hydroxyl groups excluding tert-OH is 1. The largest absolute Gasteiger partial charge is 0.385 e. The van der Waals surface area contributed by atoms with E-state index in [1.54, 1.807) is 25.2 Å². The van der Waals surface area contributed by atoms with Crippen LogP contribution in [0.1, 0.15) is 22.0 Å². The third-order valence-corrected chi connectivity index (χ3v) is 5.06. The van der Waals surface area contributed by atoms with Crippen molar-refractivity contribution in [3.63, 3.8) is 0 Å². The SMILES string of the molecule is Cn1cc(C(=O)C(Cl)(Cl)[C@H](O)c2c(F)c(F)c(F)c(F)c2F)c2ccccc21. The van der Waals surface area contributed by atoms with Gasteiger partial charge in [-0.15, -0.1) is 0 Å². The number of hydrogen-bond donors (Lipinski definition) is 1. The van der Waals surface area contributed by atoms with Crippen LogP contribution in [-0.4, -0.2) is 19.8 Å². The van der Waals surface area contributed by atoms with E-state index in [4.69, 9.17) is 23.2 Å². The van der Waals surface area contributed by atoms with Crippen LogP contribution in [0.15, 0.2) is 30.5 Å². The molecule has 0 spiro atoms. The van der Waals surface area contributed by atoms with Gasteiger partial charge in [-0.2, -0.15) is 0 Å². The maximum atomic E-state index is 14.0. The molecule has 0 radical (unpaired) electrons. The summed E-state index contributed by atoms with van der Waals surface area (Å²) in [5.74, 6) is -12.9. The first-order valence-corrected chi connectivity index (χ1v) is 8.41. The van der Waals surface area contributed by atoms with Crippen LogP contribution >= 0.6 is 23.2 Å². The maximum Gasteiger partial charge on any atom is 0.210 e. The van der Waals surface area contributed by atoms with Crippen LogP contribution in [0.4, 0.5) is 22.0 Å². The molecule has 1 aromatic heterocycles. The van der Waals surface area contributed by atoms with E-state index in [2.05, 4.69) is 0 Å². The number of ketones is 1. The topological polar surface area (TPSA) is 42.2 Å². The van der Waals surface area contributed by atoms with E-state index in [9.17, 15) is 31.9 Å². The van der Waals surface area contributed by atoms with Crippen LogP contribution in [0.3, 0.4) is 0 Å². The summed E-state index contributed by atoms with van der Waals surface area (Å²) in [4.78, 5) is 12.8. The van der Waals surface area contributed by atoms with Crippen molar-refractivity contribution in [3.8, 4) is 0 Å². The number of hydrogen-bond acceptors (Lipinski definition) is 2. The van der Waals surface area contributed by atoms with Gasteiger partial charge < -0.3 is 9.67 Å². The lowest BCUT2D eigenvalue weighted by atomic mass is 9.97. The first-order chi connectivity index (χ1) is 13.0. The molecule has 2 aromatic carbocycles. The molecular formula is C18H10Cl2F5NO2. The number of rotatable bonds is 4. The third-order valence-electron chi connectivity index (χ3n) is 4.30. The average Bonchev–Trinajstić information content (AvgIpc) is 3.01. The summed E-state index contributed by atoms with van der Waals surface area (Å²) in [5, 5.41) is 10.6. The first kappa shape index (κ1) is 20.6. The molecule has 3 nitrogen and oxygen atoms in total. The zero-order valence-electron chi connectivity index (χ0n) is 13.9. The predicted octanol–water partition coefficient (Wildman–Crippen LogP) is 4.96. The molecule has 0 amide bonds. The molecule has 1 N–H and O–H groups in total. The molecule has 28 heavy (non-hydrogen) atoms. The summed E-state index contributed by atoms with van der Waals surface area (Å²) in [6, 6.07) is 6.49. The van der Waals surface area contributed by atoms with Gasteiger partial charge in [-0.25, -0.2) is 22.0 Å². The van der Waals surface area contributed by atoms with Crippen molar-refractivity contribution in [1.29, 1.82) is 0 Å². The lowest BCUT2D eigenvalue weighted by molar-refractivity contribution is 0.0836. The predicted molar refractivity (Wildman–Crippen MR) is 92.9 cm³/mol. The zero-order chi connectivity index (χ0) is 21.0. The molecule has 3 aromatic rings. The van der Waals surface area contributed by atoms with Crippen molar-refractivity contribution in [2.24, 2.45) is 7.05 Å². The Morgan fingerprint density at radius 3 is 2.07 bits per heavy atom. The number of aryl methyl sites for hydroxylation is 1. The van der Waals surface area contributed by atoms with Crippen LogP contribution in [0.5, 0.6) is 0 Å². The number of alkyl halides is 2. The van der Waals surface area contributed by atoms with E-state index < -0.39 is 50.9 Å². The lowest BCUT2D eigenvalue weighted by Gasteiger charge is -2.25. The van der Waals surface area contributed by atoms with Gasteiger partial charge in [-0.3, -0.25) is 4.79 Å². The summed E-state index contributed by atoms with van der Waals surface area (Å²) >= 11 is 11.8. The fraction of sp³-hybridized carbons (Fsp3) is 0.167. The molecule has 0 bridgehead atoms. The minimum atomic E-state index is -2.94. The van der Waals surface area contributed by atoms with Gasteiger partial charge in [0.1, 0.15) is 6.10 Å². The smallest absolute Gasteiger partial charge is 0.210 e. The fourth-order valence-corrected chi connectivity index (χ4v) is 3.29. The minimum absolute atomic E-state index is 0.106. The summed E-state index contributed by atoms with van der Waals surface area (Å²) in [5.41, 5.74) is -1.22. The van der Waals surface area contributed by atoms with Gasteiger partial charge in [0.05, 0.1) is 5.56 Å². The molecule has 0 fully saturated rings. The average molecular weight is 438 g/mol. The molecule has 1 heterocycles. The van der Waals surface area contributed by atoms with Crippen molar-refractivity contribution < 1.29 is 31.9 Å². The summed E-state index contributed by atoms with van der Waals surface area (Å²) < 4.78 is 66.7. The van der Waals surface area contributed by atoms with Crippen molar-refractivity contribution in [3.05, 3.63) is 70.7 Å². The molecular weight excluding hydrogens is 428 g/mol. The molecule has 3 rings (SSSR count). The number of aliphatic hydroxyl groups is 1. The number of fused-ring (bicyclic) bond motifs is 1. The van der Waals surface area contributed by atoms with E-state index in [1.165, 1.54) is 16.8 Å². The number of para-hydroxylation sites is 1. The van der Waals surface area contributed by atoms with Gasteiger partial charge in [0.15, 0.2) is 23.3 Å².